The molecular formula is C36H63N4O11RuSSi. The minimum absolute atomic E-state index is 0. The summed E-state index contributed by atoms with van der Waals surface area (Å²) in [5, 5.41) is 9.58. The molecule has 2 aromatic heterocycles. The fraction of sp³-hybridized carbons (Fsp3) is 0.694. The van der Waals surface area contributed by atoms with E-state index < -0.39 is 56.0 Å². The van der Waals surface area contributed by atoms with Crippen LogP contribution in [-0.2, 0) is 47.7 Å². The van der Waals surface area contributed by atoms with E-state index in [2.05, 4.69) is 55.5 Å². The number of nitrogens with zero attached hydrogens (tertiary/aromatic N) is 2. The summed E-state index contributed by atoms with van der Waals surface area (Å²) in [6.45, 7) is 28.2. The number of carbonyl (C=O) groups is 2. The van der Waals surface area contributed by atoms with Crippen molar-refractivity contribution in [3.05, 3.63) is 72.1 Å². The fourth-order valence-corrected chi connectivity index (χ4v) is 6.56. The van der Waals surface area contributed by atoms with Crippen molar-refractivity contribution in [2.75, 3.05) is 6.61 Å². The quantitative estimate of drug-likeness (QED) is 0.205. The summed E-state index contributed by atoms with van der Waals surface area (Å²) in [5.41, 5.74) is -0.946. The second kappa shape index (κ2) is 23.6. The predicted octanol–water partition coefficient (Wildman–Crippen LogP) is 4.17. The molecule has 7 atom stereocenters. The van der Waals surface area contributed by atoms with Gasteiger partial charge in [0.25, 0.3) is 11.1 Å². The second-order valence-corrected chi connectivity index (χ2v) is 19.4. The SMILES string of the molecule is CC(=O)[C@H]1O[C@@H](n2cc(C)c(=O)[nH]c2=O)CC1O[Si](C)(C)C(C)(C)C.CCOC(C)=O.Cc1cn([C@H]2CC(C)[C@@H]([C@H](C)O)O2)c(=O)[nH]c1=O.S.[CH2-]CC.[Ru+]. The Bertz CT molecular complexity index is 1720. The van der Waals surface area contributed by atoms with E-state index in [9.17, 15) is 33.9 Å². The van der Waals surface area contributed by atoms with E-state index in [1.54, 1.807) is 27.7 Å². The van der Waals surface area contributed by atoms with E-state index in [1.165, 1.54) is 35.4 Å². The number of aliphatic hydroxyl groups excluding tert-OH is 1. The third-order valence-electron chi connectivity index (χ3n) is 8.91. The van der Waals surface area contributed by atoms with Crippen LogP contribution in [0.15, 0.2) is 31.6 Å². The number of H-pyrrole nitrogens is 2. The van der Waals surface area contributed by atoms with Gasteiger partial charge in [0.05, 0.1) is 24.9 Å². The molecule has 0 saturated carbocycles. The number of Topliss-reactive ketones (excluding diaryl/α,β-unsaturated/α-hetero) is 1. The molecule has 2 unspecified atom stereocenters. The molecule has 2 aliphatic rings. The van der Waals surface area contributed by atoms with Gasteiger partial charge in [-0.05, 0) is 65.1 Å². The topological polar surface area (TPSA) is 201 Å². The first kappa shape index (κ1) is 53.6. The first-order valence-corrected chi connectivity index (χ1v) is 20.6. The summed E-state index contributed by atoms with van der Waals surface area (Å²) < 4.78 is 25.0. The molecular weight excluding hydrogens is 826 g/mol. The minimum atomic E-state index is -2.10. The van der Waals surface area contributed by atoms with Gasteiger partial charge in [-0.3, -0.25) is 38.3 Å². The Morgan fingerprint density at radius 2 is 1.39 bits per heavy atom. The monoisotopic (exact) mass is 889 g/mol. The molecule has 0 aromatic carbocycles. The maximum absolute atomic E-state index is 12.1. The Morgan fingerprint density at radius 3 is 1.70 bits per heavy atom. The molecule has 54 heavy (non-hydrogen) atoms. The van der Waals surface area contributed by atoms with Gasteiger partial charge in [0.15, 0.2) is 14.1 Å². The van der Waals surface area contributed by atoms with Crippen molar-refractivity contribution < 1.29 is 52.8 Å². The number of aromatic amines is 2. The van der Waals surface area contributed by atoms with Crippen molar-refractivity contribution in [1.82, 2.24) is 19.1 Å². The van der Waals surface area contributed by atoms with Gasteiger partial charge in [-0.25, -0.2) is 9.59 Å². The average molecular weight is 889 g/mol. The van der Waals surface area contributed by atoms with Gasteiger partial charge >= 0.3 is 36.8 Å². The minimum Gasteiger partial charge on any atom is -0.466 e. The number of ketones is 1. The fourth-order valence-electron chi connectivity index (χ4n) is 5.23. The Labute approximate surface area is 339 Å². The second-order valence-electron chi connectivity index (χ2n) is 14.7. The third-order valence-corrected chi connectivity index (χ3v) is 13.4. The molecule has 0 bridgehead atoms. The standard InChI is InChI=1S/C17H28N2O5Si.C12H18N2O4.C4H8O2.C3H7.Ru.H2S/c1-10-9-19(16(22)18-15(10)21)13-8-12(14(23-13)11(2)20)24-25(6,7)17(3,4)5;1-6-4-9(18-10(6)8(3)15)14-5-7(2)11(16)13-12(14)17;1-3-6-4(2)5;1-3-2;;/h9,12-14H,8H2,1-7H3,(H,18,21,22);5-6,8-10,15H,4H2,1-3H3,(H,13,16,17);3H2,1-2H3;1,3H2,2H3;;1H2/q;;;-1;+1;/t12?,13-,14-;6?,8-,9+,10-;;;;/m10..../s1. The van der Waals surface area contributed by atoms with Crippen molar-refractivity contribution >= 4 is 33.6 Å². The molecule has 2 saturated heterocycles. The number of aliphatic hydroxyl groups is 1. The Morgan fingerprint density at radius 1 is 0.963 bits per heavy atom. The number of nitrogens with one attached hydrogen (secondary N) is 2. The van der Waals surface area contributed by atoms with Crippen molar-refractivity contribution in [1.29, 1.82) is 0 Å². The van der Waals surface area contributed by atoms with Gasteiger partial charge < -0.3 is 30.7 Å². The van der Waals surface area contributed by atoms with Crippen molar-refractivity contribution in [2.24, 2.45) is 5.92 Å². The Balaban J connectivity index is 0. The maximum Gasteiger partial charge on any atom is 1.00 e. The Kier molecular flexibility index (Phi) is 23.4. The Hall–Kier alpha value is -2.47. The van der Waals surface area contributed by atoms with Crippen LogP contribution in [-0.4, -0.2) is 75.3 Å². The van der Waals surface area contributed by atoms with Crippen LogP contribution in [0, 0.1) is 26.7 Å². The average Bonchev–Trinajstić information content (AvgIpc) is 3.60. The van der Waals surface area contributed by atoms with Gasteiger partial charge in [0, 0.05) is 36.9 Å². The van der Waals surface area contributed by atoms with Crippen molar-refractivity contribution in [3.8, 4) is 0 Å². The molecule has 4 heterocycles. The van der Waals surface area contributed by atoms with Gasteiger partial charge in [-0.2, -0.15) is 19.9 Å². The van der Waals surface area contributed by atoms with E-state index >= 15 is 0 Å². The van der Waals surface area contributed by atoms with Crippen molar-refractivity contribution in [2.45, 2.75) is 150 Å². The van der Waals surface area contributed by atoms with Gasteiger partial charge in [0.2, 0.25) is 0 Å². The number of aryl methyl sites for hydroxylation is 2. The number of rotatable bonds is 7. The molecule has 0 aliphatic carbocycles. The van der Waals surface area contributed by atoms with Crippen LogP contribution in [0.4, 0.5) is 0 Å². The molecule has 2 fully saturated rings. The maximum atomic E-state index is 12.1. The zero-order valence-electron chi connectivity index (χ0n) is 34.0. The molecule has 2 aliphatic heterocycles. The normalized spacial score (nSPS) is 22.4. The van der Waals surface area contributed by atoms with Gasteiger partial charge in [-0.15, -0.1) is 0 Å². The van der Waals surface area contributed by atoms with Crippen molar-refractivity contribution in [3.63, 3.8) is 0 Å². The zero-order chi connectivity index (χ0) is 40.3. The number of hydrogen-bond acceptors (Lipinski definition) is 11. The molecule has 18 heteroatoms. The first-order chi connectivity index (χ1) is 23.9. The van der Waals surface area contributed by atoms with Crippen LogP contribution >= 0.6 is 13.5 Å². The summed E-state index contributed by atoms with van der Waals surface area (Å²) in [4.78, 5) is 73.1. The largest absolute Gasteiger partial charge is 1.00 e. The number of carbonyl (C=O) groups excluding carboxylic acids is 2. The van der Waals surface area contributed by atoms with Gasteiger partial charge in [-0.1, -0.05) is 34.6 Å². The summed E-state index contributed by atoms with van der Waals surface area (Å²) >= 11 is 0. The smallest absolute Gasteiger partial charge is 0.466 e. The third kappa shape index (κ3) is 15.6. The molecule has 4 rings (SSSR count). The summed E-state index contributed by atoms with van der Waals surface area (Å²) in [5.74, 6) is -0.174. The predicted molar refractivity (Wildman–Crippen MR) is 211 cm³/mol. The summed E-state index contributed by atoms with van der Waals surface area (Å²) in [6, 6.07) is 0. The number of esters is 1. The van der Waals surface area contributed by atoms with Crippen LogP contribution in [0.1, 0.15) is 105 Å². The van der Waals surface area contributed by atoms with Crippen LogP contribution in [0.2, 0.25) is 18.1 Å². The van der Waals surface area contributed by atoms with Crippen LogP contribution in [0.5, 0.6) is 0 Å². The first-order valence-electron chi connectivity index (χ1n) is 17.7. The molecule has 311 valence electrons. The molecule has 1 radical (unpaired) electrons. The summed E-state index contributed by atoms with van der Waals surface area (Å²) in [7, 11) is -2.10. The van der Waals surface area contributed by atoms with Crippen LogP contribution in [0.3, 0.4) is 0 Å². The number of ether oxygens (including phenoxy) is 3. The van der Waals surface area contributed by atoms with E-state index in [1.807, 2.05) is 13.8 Å². The van der Waals surface area contributed by atoms with Crippen LogP contribution in [0.25, 0.3) is 0 Å². The molecule has 0 spiro atoms. The number of aromatic nitrogens is 4. The molecule has 3 N–H and O–H groups in total. The van der Waals surface area contributed by atoms with E-state index in [4.69, 9.17) is 13.9 Å². The molecule has 15 nitrogen and oxygen atoms in total. The van der Waals surface area contributed by atoms with E-state index in [-0.39, 0.29) is 67.3 Å². The summed E-state index contributed by atoms with van der Waals surface area (Å²) in [6.07, 6.45) is 1.97. The number of hydrogen-bond donors (Lipinski definition) is 3. The van der Waals surface area contributed by atoms with E-state index in [0.29, 0.717) is 30.6 Å². The van der Waals surface area contributed by atoms with Gasteiger partial charge in [0.1, 0.15) is 18.6 Å². The van der Waals surface area contributed by atoms with Crippen LogP contribution < -0.4 is 22.5 Å². The van der Waals surface area contributed by atoms with E-state index in [0.717, 1.165) is 6.42 Å². The molecule has 0 amide bonds. The zero-order valence-corrected chi connectivity index (χ0v) is 37.7. The molecule has 2 aromatic rings.